The number of hydrogen-bond acceptors (Lipinski definition) is 8. The van der Waals surface area contributed by atoms with Gasteiger partial charge in [-0.3, -0.25) is 19.2 Å². The first-order valence-electron chi connectivity index (χ1n) is 12.8. The Morgan fingerprint density at radius 2 is 1.90 bits per heavy atom. The number of hydrogen-bond donors (Lipinski definition) is 7. The average Bonchev–Trinajstić information content (AvgIpc) is 3.33. The smallest absolute Gasteiger partial charge is 0.331 e. The average molecular weight is 545 g/mol. The van der Waals surface area contributed by atoms with E-state index in [0.717, 1.165) is 16.5 Å². The number of cyclic esters (lactones) is 1. The third kappa shape index (κ3) is 7.33. The first kappa shape index (κ1) is 29.6. The van der Waals surface area contributed by atoms with Crippen LogP contribution in [0.3, 0.4) is 0 Å². The standard InChI is InChI=1S/C26H36N6O7/c1-4-13(2)21-24(36)29-11-20(34)30-19(12-33)26(38)39-14(3)22(25(37)31-21)32-23(35)17(27)9-15-10-28-18-8-6-5-7-16(15)18/h5-8,10,13-14,17,19,21-22,28,33H,4,9,11-12,27H2,1-3H3,(H,29,36)(H,30,34)(H,31,37)(H,32,35)/t13-,14+,17-,19+,21-,22-/m0/s1. The lowest BCUT2D eigenvalue weighted by atomic mass is 9.97. The lowest BCUT2D eigenvalue weighted by molar-refractivity contribution is -0.156. The number of para-hydroxylation sites is 1. The highest BCUT2D eigenvalue weighted by Gasteiger charge is 2.37. The maximum Gasteiger partial charge on any atom is 0.331 e. The number of fused-ring (bicyclic) bond motifs is 1. The van der Waals surface area contributed by atoms with Gasteiger partial charge >= 0.3 is 5.97 Å². The van der Waals surface area contributed by atoms with Crippen LogP contribution < -0.4 is 27.0 Å². The Labute approximate surface area is 225 Å². The number of aliphatic hydroxyl groups is 1. The molecule has 13 nitrogen and oxygen atoms in total. The lowest BCUT2D eigenvalue weighted by Gasteiger charge is -2.29. The predicted octanol–water partition coefficient (Wildman–Crippen LogP) is -1.41. The van der Waals surface area contributed by atoms with Gasteiger partial charge in [0.15, 0.2) is 6.04 Å². The van der Waals surface area contributed by atoms with Crippen molar-refractivity contribution >= 4 is 40.5 Å². The molecule has 39 heavy (non-hydrogen) atoms. The largest absolute Gasteiger partial charge is 0.458 e. The van der Waals surface area contributed by atoms with Crippen LogP contribution in [0.25, 0.3) is 10.9 Å². The van der Waals surface area contributed by atoms with E-state index in [1.165, 1.54) is 6.92 Å². The van der Waals surface area contributed by atoms with Crippen molar-refractivity contribution in [1.29, 1.82) is 0 Å². The van der Waals surface area contributed by atoms with E-state index in [0.29, 0.717) is 6.42 Å². The van der Waals surface area contributed by atoms with E-state index >= 15 is 0 Å². The molecular weight excluding hydrogens is 508 g/mol. The second-order valence-electron chi connectivity index (χ2n) is 9.69. The second-order valence-corrected chi connectivity index (χ2v) is 9.69. The zero-order chi connectivity index (χ0) is 28.7. The maximum atomic E-state index is 13.4. The van der Waals surface area contributed by atoms with Crippen LogP contribution in [0.4, 0.5) is 0 Å². The Balaban J connectivity index is 1.85. The molecule has 1 saturated heterocycles. The molecule has 1 aliphatic heterocycles. The van der Waals surface area contributed by atoms with Crippen LogP contribution in [0, 0.1) is 5.92 Å². The van der Waals surface area contributed by atoms with Crippen LogP contribution in [0.2, 0.25) is 0 Å². The monoisotopic (exact) mass is 544 g/mol. The highest BCUT2D eigenvalue weighted by Crippen LogP contribution is 2.19. The van der Waals surface area contributed by atoms with E-state index in [1.54, 1.807) is 13.1 Å². The Morgan fingerprint density at radius 1 is 1.18 bits per heavy atom. The SMILES string of the molecule is CC[C@H](C)[C@@H]1NC(=O)[C@@H](NC(=O)[C@@H](N)Cc2c[nH]c3ccccc23)[C@@H](C)OC(=O)[C@@H](CO)NC(=O)CNC1=O. The molecule has 0 aliphatic carbocycles. The molecule has 212 valence electrons. The Bertz CT molecular complexity index is 1210. The first-order chi connectivity index (χ1) is 18.5. The Hall–Kier alpha value is -3.97. The number of rotatable bonds is 7. The van der Waals surface area contributed by atoms with Gasteiger partial charge in [0.2, 0.25) is 23.6 Å². The van der Waals surface area contributed by atoms with Crippen LogP contribution in [-0.2, 0) is 35.1 Å². The lowest BCUT2D eigenvalue weighted by Crippen LogP contribution is -2.60. The van der Waals surface area contributed by atoms with Gasteiger partial charge in [-0.05, 0) is 30.9 Å². The third-order valence-electron chi connectivity index (χ3n) is 6.82. The molecule has 1 aromatic heterocycles. The number of ether oxygens (including phenoxy) is 1. The number of aromatic nitrogens is 1. The molecule has 1 aromatic carbocycles. The van der Waals surface area contributed by atoms with Crippen molar-refractivity contribution in [1.82, 2.24) is 26.3 Å². The number of H-pyrrole nitrogens is 1. The minimum Gasteiger partial charge on any atom is -0.458 e. The van der Waals surface area contributed by atoms with Crippen LogP contribution in [-0.4, -0.2) is 83.1 Å². The summed E-state index contributed by atoms with van der Waals surface area (Å²) in [5.74, 6) is -4.14. The first-order valence-corrected chi connectivity index (χ1v) is 12.8. The molecule has 1 fully saturated rings. The molecule has 4 amide bonds. The molecule has 2 aromatic rings. The van der Waals surface area contributed by atoms with Gasteiger partial charge < -0.3 is 41.8 Å². The summed E-state index contributed by atoms with van der Waals surface area (Å²) in [6.07, 6.45) is 1.20. The van der Waals surface area contributed by atoms with Gasteiger partial charge in [0.05, 0.1) is 19.2 Å². The number of nitrogens with two attached hydrogens (primary N) is 1. The number of carbonyl (C=O) groups is 5. The zero-order valence-corrected chi connectivity index (χ0v) is 22.2. The van der Waals surface area contributed by atoms with Gasteiger partial charge in [0, 0.05) is 17.1 Å². The molecule has 0 bridgehead atoms. The summed E-state index contributed by atoms with van der Waals surface area (Å²) in [7, 11) is 0. The van der Waals surface area contributed by atoms with Crippen LogP contribution in [0.15, 0.2) is 30.5 Å². The van der Waals surface area contributed by atoms with Crippen molar-refractivity contribution < 1.29 is 33.8 Å². The highest BCUT2D eigenvalue weighted by molar-refractivity contribution is 5.96. The van der Waals surface area contributed by atoms with Crippen molar-refractivity contribution in [2.75, 3.05) is 13.2 Å². The van der Waals surface area contributed by atoms with Crippen molar-refractivity contribution in [3.8, 4) is 0 Å². The molecule has 1 aliphatic rings. The van der Waals surface area contributed by atoms with Crippen LogP contribution >= 0.6 is 0 Å². The summed E-state index contributed by atoms with van der Waals surface area (Å²) in [6, 6.07) is 2.58. The topological polar surface area (TPSA) is 205 Å². The minimum atomic E-state index is -1.44. The highest BCUT2D eigenvalue weighted by atomic mass is 16.5. The molecule has 2 heterocycles. The predicted molar refractivity (Wildman–Crippen MR) is 141 cm³/mol. The molecular formula is C26H36N6O7. The van der Waals surface area contributed by atoms with Crippen LogP contribution in [0.5, 0.6) is 0 Å². The van der Waals surface area contributed by atoms with E-state index in [9.17, 15) is 29.1 Å². The number of aliphatic hydroxyl groups excluding tert-OH is 1. The van der Waals surface area contributed by atoms with Crippen molar-refractivity contribution in [2.24, 2.45) is 11.7 Å². The Morgan fingerprint density at radius 3 is 2.59 bits per heavy atom. The van der Waals surface area contributed by atoms with Gasteiger partial charge in [-0.25, -0.2) is 4.79 Å². The van der Waals surface area contributed by atoms with Crippen molar-refractivity contribution in [3.63, 3.8) is 0 Å². The summed E-state index contributed by atoms with van der Waals surface area (Å²) < 4.78 is 5.35. The zero-order valence-electron chi connectivity index (χ0n) is 22.2. The van der Waals surface area contributed by atoms with Crippen molar-refractivity contribution in [2.45, 2.75) is 63.9 Å². The molecule has 0 saturated carbocycles. The number of benzene rings is 1. The van der Waals surface area contributed by atoms with Gasteiger partial charge in [-0.1, -0.05) is 38.5 Å². The number of esters is 1. The van der Waals surface area contributed by atoms with E-state index in [4.69, 9.17) is 10.5 Å². The van der Waals surface area contributed by atoms with Gasteiger partial charge in [0.1, 0.15) is 18.2 Å². The number of carbonyl (C=O) groups excluding carboxylic acids is 5. The van der Waals surface area contributed by atoms with E-state index in [2.05, 4.69) is 26.3 Å². The fourth-order valence-electron chi connectivity index (χ4n) is 4.27. The molecule has 0 radical (unpaired) electrons. The summed E-state index contributed by atoms with van der Waals surface area (Å²) in [4.78, 5) is 67.4. The third-order valence-corrected chi connectivity index (χ3v) is 6.82. The van der Waals surface area contributed by atoms with E-state index < -0.39 is 73.0 Å². The minimum absolute atomic E-state index is 0.162. The summed E-state index contributed by atoms with van der Waals surface area (Å²) in [5.41, 5.74) is 7.89. The van der Waals surface area contributed by atoms with Gasteiger partial charge in [-0.15, -0.1) is 0 Å². The number of nitrogens with one attached hydrogen (secondary N) is 5. The maximum absolute atomic E-state index is 13.4. The van der Waals surface area contributed by atoms with E-state index in [1.807, 2.05) is 31.2 Å². The molecule has 3 rings (SSSR count). The molecule has 13 heteroatoms. The number of amides is 4. The van der Waals surface area contributed by atoms with Crippen molar-refractivity contribution in [3.05, 3.63) is 36.0 Å². The van der Waals surface area contributed by atoms with Gasteiger partial charge in [0.25, 0.3) is 0 Å². The second kappa shape index (κ2) is 13.2. The quantitative estimate of drug-likeness (QED) is 0.206. The Kier molecular flexibility index (Phi) is 10.0. The summed E-state index contributed by atoms with van der Waals surface area (Å²) >= 11 is 0. The summed E-state index contributed by atoms with van der Waals surface area (Å²) in [6.45, 7) is 3.70. The normalized spacial score (nSPS) is 24.6. The molecule has 6 atom stereocenters. The molecule has 8 N–H and O–H groups in total. The number of aromatic amines is 1. The molecule has 0 unspecified atom stereocenters. The van der Waals surface area contributed by atoms with E-state index in [-0.39, 0.29) is 12.3 Å². The summed E-state index contributed by atoms with van der Waals surface area (Å²) in [5, 5.41) is 20.4. The van der Waals surface area contributed by atoms with Crippen LogP contribution in [0.1, 0.15) is 32.8 Å². The van der Waals surface area contributed by atoms with Gasteiger partial charge in [-0.2, -0.15) is 0 Å². The fourth-order valence-corrected chi connectivity index (χ4v) is 4.27. The fraction of sp³-hybridized carbons (Fsp3) is 0.500. The molecule has 0 spiro atoms.